The fraction of sp³-hybridized carbons (Fsp3) is 0.173. The van der Waals surface area contributed by atoms with E-state index in [9.17, 15) is 14.4 Å². The third kappa shape index (κ3) is 22.0. The molecule has 1 unspecified atom stereocenters. The standard InChI is InChI=1S/C110H100O7/c1-4-79-33-5-6-34-80(79)63-81-35-7-8-36-82(81)64-83-37-9-10-38-84(83)65-85-39-11-12-40-86(85)66-87-41-13-14-42-88(87)67-89-43-15-16-44-90(89)68-91-45-17-18-46-92(91)69-93-47-19-20-48-94(93)70-95-49-21-22-50-96(95)71-97-51-23-24-52-98(97)72-99-53-25-26-54-100(99)73-101-55-27-28-56-102(101)74-103-57-29-30-58-104(103)75-105-59-31-32-60-107(105)115-76-106(77-116-110(114)78(2)3)117-109(113)62-61-108(111)112/h5-62,106H,2,4,63-77H2,1,3H3,(H,111,112)/b62-61+. The molecule has 0 aromatic heterocycles. The number of aryl methyl sites for hydroxylation is 1. The van der Waals surface area contributed by atoms with Crippen LogP contribution in [0.25, 0.3) is 0 Å². The molecule has 1 N–H and O–H groups in total. The number of hydrogen-bond donors (Lipinski definition) is 1. The Labute approximate surface area is 690 Å². The van der Waals surface area contributed by atoms with Gasteiger partial charge in [-0.1, -0.05) is 347 Å². The van der Waals surface area contributed by atoms with E-state index in [2.05, 4.69) is 329 Å². The van der Waals surface area contributed by atoms with Gasteiger partial charge in [0, 0.05) is 24.1 Å². The molecule has 0 bridgehead atoms. The molecule has 0 aliphatic carbocycles. The highest BCUT2D eigenvalue weighted by atomic mass is 16.6. The van der Waals surface area contributed by atoms with Gasteiger partial charge in [0.15, 0.2) is 6.10 Å². The number of hydrogen-bond acceptors (Lipinski definition) is 6. The summed E-state index contributed by atoms with van der Waals surface area (Å²) in [7, 11) is 0. The van der Waals surface area contributed by atoms with Crippen LogP contribution >= 0.6 is 0 Å². The van der Waals surface area contributed by atoms with Crippen molar-refractivity contribution in [2.45, 2.75) is 110 Å². The molecule has 0 aliphatic heterocycles. The van der Waals surface area contributed by atoms with E-state index in [0.717, 1.165) is 94.3 Å². The quantitative estimate of drug-likeness (QED) is 0.0308. The second kappa shape index (κ2) is 40.2. The number of aliphatic carboxylic acids is 1. The van der Waals surface area contributed by atoms with E-state index < -0.39 is 24.0 Å². The molecule has 14 aromatic rings. The van der Waals surface area contributed by atoms with E-state index in [0.29, 0.717) is 24.7 Å². The van der Waals surface area contributed by atoms with Crippen LogP contribution in [0.1, 0.15) is 164 Å². The Morgan fingerprint density at radius 2 is 0.453 bits per heavy atom. The number of para-hydroxylation sites is 1. The van der Waals surface area contributed by atoms with E-state index >= 15 is 0 Å². The molecule has 0 saturated heterocycles. The first-order chi connectivity index (χ1) is 57.4. The number of rotatable bonds is 36. The van der Waals surface area contributed by atoms with Gasteiger partial charge in [0.1, 0.15) is 19.0 Å². The summed E-state index contributed by atoms with van der Waals surface area (Å²) in [6, 6.07) is 124. The summed E-state index contributed by atoms with van der Waals surface area (Å²) in [5, 5.41) is 9.08. The maximum Gasteiger partial charge on any atom is 0.333 e. The molecule has 0 radical (unpaired) electrons. The molecule has 0 aliphatic rings. The van der Waals surface area contributed by atoms with Crippen LogP contribution in [0.2, 0.25) is 0 Å². The van der Waals surface area contributed by atoms with Crippen molar-refractivity contribution in [2.75, 3.05) is 13.2 Å². The summed E-state index contributed by atoms with van der Waals surface area (Å²) >= 11 is 0. The molecule has 1 atom stereocenters. The first-order valence-electron chi connectivity index (χ1n) is 40.9. The summed E-state index contributed by atoms with van der Waals surface area (Å²) < 4.78 is 17.1. The van der Waals surface area contributed by atoms with Crippen LogP contribution in [0.15, 0.2) is 364 Å². The second-order valence-electron chi connectivity index (χ2n) is 30.7. The largest absolute Gasteiger partial charge is 0.489 e. The lowest BCUT2D eigenvalue weighted by Gasteiger charge is -2.20. The SMILES string of the molecule is C=C(C)C(=O)OCC(COc1ccccc1Cc1ccccc1Cc1ccccc1Cc1ccccc1Cc1ccccc1Cc1ccccc1Cc1ccccc1Cc1ccccc1Cc1ccccc1Cc1ccccc1Cc1ccccc1Cc1ccccc1Cc1ccccc1Cc1ccccc1CC)OC(=O)/C=C/C(=O)O. The van der Waals surface area contributed by atoms with Gasteiger partial charge in [0.2, 0.25) is 0 Å². The zero-order valence-electron chi connectivity index (χ0n) is 67.0. The van der Waals surface area contributed by atoms with Gasteiger partial charge in [-0.3, -0.25) is 0 Å². The Hall–Kier alpha value is -13.2. The van der Waals surface area contributed by atoms with E-state index in [-0.39, 0.29) is 18.8 Å². The molecule has 582 valence electrons. The number of carbonyl (C=O) groups is 3. The average molecular weight is 1530 g/mol. The van der Waals surface area contributed by atoms with Crippen molar-refractivity contribution in [1.29, 1.82) is 0 Å². The maximum atomic E-state index is 12.6. The van der Waals surface area contributed by atoms with Crippen molar-refractivity contribution in [3.63, 3.8) is 0 Å². The molecule has 0 heterocycles. The van der Waals surface area contributed by atoms with Crippen LogP contribution in [-0.2, 0) is 114 Å². The summed E-state index contributed by atoms with van der Waals surface area (Å²) in [4.78, 5) is 36.1. The fourth-order valence-electron chi connectivity index (χ4n) is 16.3. The number of carboxylic acid groups (broad SMARTS) is 1. The number of carbonyl (C=O) groups excluding carboxylic acids is 2. The van der Waals surface area contributed by atoms with Gasteiger partial charge in [0.05, 0.1) is 0 Å². The van der Waals surface area contributed by atoms with E-state index in [1.165, 1.54) is 146 Å². The van der Waals surface area contributed by atoms with Crippen LogP contribution in [0.3, 0.4) is 0 Å². The minimum Gasteiger partial charge on any atom is -0.489 e. The predicted octanol–water partition coefficient (Wildman–Crippen LogP) is 23.0. The third-order valence-electron chi connectivity index (χ3n) is 22.7. The Kier molecular flexibility index (Phi) is 27.6. The van der Waals surface area contributed by atoms with Crippen LogP contribution in [-0.4, -0.2) is 42.3 Å². The minimum absolute atomic E-state index is 0.155. The molecule has 0 fully saturated rings. The van der Waals surface area contributed by atoms with Crippen molar-refractivity contribution in [3.05, 3.63) is 514 Å². The lowest BCUT2D eigenvalue weighted by Crippen LogP contribution is -2.30. The molecule has 7 heteroatoms. The van der Waals surface area contributed by atoms with Gasteiger partial charge in [-0.05, 0) is 247 Å². The monoisotopic (exact) mass is 1530 g/mol. The van der Waals surface area contributed by atoms with Gasteiger partial charge >= 0.3 is 17.9 Å². The normalized spacial score (nSPS) is 11.5. The number of esters is 2. The van der Waals surface area contributed by atoms with Crippen LogP contribution in [0.5, 0.6) is 5.75 Å². The molecule has 0 spiro atoms. The highest BCUT2D eigenvalue weighted by Crippen LogP contribution is 2.33. The summed E-state index contributed by atoms with van der Waals surface area (Å²) in [5.74, 6) is -2.28. The van der Waals surface area contributed by atoms with Crippen molar-refractivity contribution in [2.24, 2.45) is 0 Å². The van der Waals surface area contributed by atoms with Gasteiger partial charge in [-0.25, -0.2) is 14.4 Å². The van der Waals surface area contributed by atoms with E-state index in [1.54, 1.807) is 0 Å². The first-order valence-corrected chi connectivity index (χ1v) is 40.9. The fourth-order valence-corrected chi connectivity index (χ4v) is 16.3. The van der Waals surface area contributed by atoms with Crippen molar-refractivity contribution < 1.29 is 33.7 Å². The Morgan fingerprint density at radius 1 is 0.274 bits per heavy atom. The average Bonchev–Trinajstić information content (AvgIpc) is 0.826. The van der Waals surface area contributed by atoms with Crippen LogP contribution in [0.4, 0.5) is 0 Å². The first kappa shape index (κ1) is 80.4. The topological polar surface area (TPSA) is 99.1 Å². The number of carboxylic acids is 1. The molecular weight excluding hydrogens is 1430 g/mol. The highest BCUT2D eigenvalue weighted by molar-refractivity contribution is 5.91. The summed E-state index contributed by atoms with van der Waals surface area (Å²) in [6.45, 7) is 6.94. The van der Waals surface area contributed by atoms with E-state index in [4.69, 9.17) is 19.3 Å². The molecule has 14 rings (SSSR count). The highest BCUT2D eigenvalue weighted by Gasteiger charge is 2.22. The van der Waals surface area contributed by atoms with Gasteiger partial charge in [0.25, 0.3) is 0 Å². The van der Waals surface area contributed by atoms with Crippen LogP contribution in [0, 0.1) is 0 Å². The molecule has 117 heavy (non-hydrogen) atoms. The third-order valence-corrected chi connectivity index (χ3v) is 22.7. The van der Waals surface area contributed by atoms with Crippen molar-refractivity contribution in [3.8, 4) is 5.75 Å². The van der Waals surface area contributed by atoms with E-state index in [1.807, 2.05) is 24.3 Å². The Bertz CT molecular complexity index is 5820. The Morgan fingerprint density at radius 3 is 0.650 bits per heavy atom. The molecule has 0 saturated carbocycles. The van der Waals surface area contributed by atoms with Crippen LogP contribution < -0.4 is 4.74 Å². The summed E-state index contributed by atoms with van der Waals surface area (Å²) in [5.41, 5.74) is 35.8. The van der Waals surface area contributed by atoms with Crippen molar-refractivity contribution in [1.82, 2.24) is 0 Å². The molecule has 0 amide bonds. The lowest BCUT2D eigenvalue weighted by atomic mass is 9.87. The lowest BCUT2D eigenvalue weighted by molar-refractivity contribution is -0.155. The smallest absolute Gasteiger partial charge is 0.333 e. The number of benzene rings is 14. The zero-order valence-corrected chi connectivity index (χ0v) is 67.0. The maximum absolute atomic E-state index is 12.6. The molecule has 7 nitrogen and oxygen atoms in total. The second-order valence-corrected chi connectivity index (χ2v) is 30.7. The number of ether oxygens (including phenoxy) is 3. The van der Waals surface area contributed by atoms with Gasteiger partial charge in [-0.2, -0.15) is 0 Å². The molecular formula is C110H100O7. The predicted molar refractivity (Wildman–Crippen MR) is 474 cm³/mol. The minimum atomic E-state index is -1.30. The summed E-state index contributed by atoms with van der Waals surface area (Å²) in [6.07, 6.45) is 12.1. The van der Waals surface area contributed by atoms with Crippen molar-refractivity contribution >= 4 is 17.9 Å². The zero-order chi connectivity index (χ0) is 80.5. The van der Waals surface area contributed by atoms with Gasteiger partial charge in [-0.15, -0.1) is 0 Å². The van der Waals surface area contributed by atoms with Gasteiger partial charge < -0.3 is 19.3 Å². The Balaban J connectivity index is 0.630. The molecule has 14 aromatic carbocycles.